The molecule has 0 atom stereocenters. The van der Waals surface area contributed by atoms with Crippen LogP contribution in [-0.4, -0.2) is 16.1 Å². The van der Waals surface area contributed by atoms with Crippen LogP contribution in [0.4, 0.5) is 17.6 Å². The van der Waals surface area contributed by atoms with Gasteiger partial charge in [0.25, 0.3) is 6.33 Å². The molecule has 8 heteroatoms. The Labute approximate surface area is 192 Å². The predicted octanol–water partition coefficient (Wildman–Crippen LogP) is 6.60. The van der Waals surface area contributed by atoms with Gasteiger partial charge in [-0.1, -0.05) is 32.0 Å². The van der Waals surface area contributed by atoms with Gasteiger partial charge in [0, 0.05) is 10.8 Å². The number of aryl methyl sites for hydroxylation is 2. The lowest BCUT2D eigenvalue weighted by Gasteiger charge is -2.27. The summed E-state index contributed by atoms with van der Waals surface area (Å²) in [6.07, 6.45) is -2.83. The van der Waals surface area contributed by atoms with Gasteiger partial charge in [0.05, 0.1) is 23.4 Å². The van der Waals surface area contributed by atoms with Crippen molar-refractivity contribution in [2.75, 3.05) is 0 Å². The third-order valence-corrected chi connectivity index (χ3v) is 6.37. The Morgan fingerprint density at radius 2 is 1.68 bits per heavy atom. The molecule has 0 radical (unpaired) electrons. The summed E-state index contributed by atoms with van der Waals surface area (Å²) in [7, 11) is 1.85. The van der Waals surface area contributed by atoms with Crippen LogP contribution in [0.2, 0.25) is 0 Å². The number of nitrogens with zero attached hydrogens (tertiary/aromatic N) is 3. The highest BCUT2D eigenvalue weighted by atomic mass is 19.4. The van der Waals surface area contributed by atoms with Gasteiger partial charge in [-0.15, -0.1) is 0 Å². The number of fused-ring (bicyclic) bond motifs is 4. The molecular weight excluding hydrogens is 446 g/mol. The Kier molecular flexibility index (Phi) is 4.90. The maximum Gasteiger partial charge on any atom is 0.394 e. The number of aromatic nitrogens is 3. The molecule has 0 amide bonds. The van der Waals surface area contributed by atoms with Crippen LogP contribution in [0.15, 0.2) is 53.2 Å². The van der Waals surface area contributed by atoms with Crippen LogP contribution in [0.5, 0.6) is 0 Å². The van der Waals surface area contributed by atoms with Crippen molar-refractivity contribution in [3.8, 4) is 11.3 Å². The Bertz CT molecular complexity index is 1580. The van der Waals surface area contributed by atoms with Crippen molar-refractivity contribution in [3.05, 3.63) is 65.9 Å². The monoisotopic (exact) mass is 468 g/mol. The minimum atomic E-state index is -4.31. The van der Waals surface area contributed by atoms with Crippen LogP contribution >= 0.6 is 0 Å². The molecule has 5 aromatic rings. The number of hydrogen-bond acceptors (Lipinski definition) is 3. The van der Waals surface area contributed by atoms with E-state index in [0.717, 1.165) is 27.6 Å². The second-order valence-corrected chi connectivity index (χ2v) is 9.34. The minimum Gasteiger partial charge on any atom is -0.437 e. The van der Waals surface area contributed by atoms with Gasteiger partial charge in [-0.3, -0.25) is 0 Å². The summed E-state index contributed by atoms with van der Waals surface area (Å²) in [4.78, 5) is 8.36. The Hall–Kier alpha value is -3.55. The molecule has 5 rings (SSSR count). The van der Waals surface area contributed by atoms with Crippen molar-refractivity contribution in [3.63, 3.8) is 0 Å². The van der Waals surface area contributed by atoms with Crippen molar-refractivity contribution >= 4 is 33.0 Å². The first-order chi connectivity index (χ1) is 16.0. The molecule has 0 N–H and O–H groups in total. The number of furan rings is 1. The fourth-order valence-corrected chi connectivity index (χ4v) is 4.40. The summed E-state index contributed by atoms with van der Waals surface area (Å²) in [6.45, 7) is 4.34. The summed E-state index contributed by atoms with van der Waals surface area (Å²) in [5, 5.41) is 2.28. The Balaban J connectivity index is 1.74. The van der Waals surface area contributed by atoms with Gasteiger partial charge in [-0.05, 0) is 53.7 Å². The molecule has 0 unspecified atom stereocenters. The van der Waals surface area contributed by atoms with E-state index < -0.39 is 17.5 Å². The molecule has 0 aliphatic rings. The fraction of sp³-hybridized carbons (Fsp3) is 0.269. The topological polar surface area (TPSA) is 42.8 Å². The van der Waals surface area contributed by atoms with Gasteiger partial charge in [0.15, 0.2) is 5.52 Å². The zero-order valence-electron chi connectivity index (χ0n) is 19.1. The molecule has 3 heterocycles. The lowest BCUT2D eigenvalue weighted by Crippen LogP contribution is -2.34. The number of benzene rings is 2. The number of pyridine rings is 1. The molecular formula is C26H22F4N3O+. The Morgan fingerprint density at radius 3 is 2.41 bits per heavy atom. The van der Waals surface area contributed by atoms with Crippen LogP contribution in [0, 0.1) is 18.3 Å². The molecule has 3 aromatic heterocycles. The van der Waals surface area contributed by atoms with Gasteiger partial charge in [-0.25, -0.2) is 4.57 Å². The maximum atomic E-state index is 13.7. The predicted molar refractivity (Wildman–Crippen MR) is 122 cm³/mol. The smallest absolute Gasteiger partial charge is 0.394 e. The number of halogens is 4. The van der Waals surface area contributed by atoms with Crippen molar-refractivity contribution < 1.29 is 26.5 Å². The summed E-state index contributed by atoms with van der Waals surface area (Å²) in [5.74, 6) is -0.626. The van der Waals surface area contributed by atoms with Gasteiger partial charge in [-0.2, -0.15) is 22.5 Å². The van der Waals surface area contributed by atoms with E-state index in [9.17, 15) is 17.6 Å². The van der Waals surface area contributed by atoms with Crippen LogP contribution in [0.25, 0.3) is 44.2 Å². The van der Waals surface area contributed by atoms with Gasteiger partial charge in [0.1, 0.15) is 11.3 Å². The van der Waals surface area contributed by atoms with Gasteiger partial charge < -0.3 is 4.42 Å². The highest BCUT2D eigenvalue weighted by Crippen LogP contribution is 2.41. The zero-order chi connectivity index (χ0) is 24.4. The fourth-order valence-electron chi connectivity index (χ4n) is 4.40. The summed E-state index contributed by atoms with van der Waals surface area (Å²) in [6, 6.07) is 12.0. The first-order valence-electron chi connectivity index (χ1n) is 10.8. The minimum absolute atomic E-state index is 0.153. The van der Waals surface area contributed by atoms with Crippen molar-refractivity contribution in [1.82, 2.24) is 9.97 Å². The first kappa shape index (κ1) is 22.3. The highest BCUT2D eigenvalue weighted by molar-refractivity contribution is 6.10. The molecule has 0 aliphatic carbocycles. The van der Waals surface area contributed by atoms with Crippen LogP contribution in [0.1, 0.15) is 25.0 Å². The largest absolute Gasteiger partial charge is 0.437 e. The highest BCUT2D eigenvalue weighted by Gasteiger charge is 2.47. The lowest BCUT2D eigenvalue weighted by molar-refractivity contribution is -0.662. The van der Waals surface area contributed by atoms with E-state index >= 15 is 0 Å². The van der Waals surface area contributed by atoms with Crippen LogP contribution in [0.3, 0.4) is 0 Å². The lowest BCUT2D eigenvalue weighted by atomic mass is 9.84. The number of rotatable bonds is 3. The van der Waals surface area contributed by atoms with E-state index in [4.69, 9.17) is 4.42 Å². The zero-order valence-corrected chi connectivity index (χ0v) is 19.1. The average Bonchev–Trinajstić information content (AvgIpc) is 3.11. The van der Waals surface area contributed by atoms with Crippen molar-refractivity contribution in [1.29, 1.82) is 0 Å². The molecule has 34 heavy (non-hydrogen) atoms. The molecule has 0 bridgehead atoms. The third kappa shape index (κ3) is 3.48. The molecule has 4 nitrogen and oxygen atoms in total. The second kappa shape index (κ2) is 7.48. The van der Waals surface area contributed by atoms with E-state index in [2.05, 4.69) is 9.97 Å². The SMILES string of the molecule is Cc1ccc2c(oc3nc(F)ccc32)c1-c1c2ccc(CC(C)(C)C(F)(F)F)cc2nc[n+]1C. The standard InChI is InChI=1S/C26H22F4N3O/c1-14-5-7-16-17-9-10-20(27)32-24(17)34-23(16)21(14)22-18-8-6-15(11-19(18)31-13-33(22)4)12-25(2,3)26(28,29)30/h5-11,13H,12H2,1-4H3/q+1. The number of alkyl halides is 3. The van der Waals surface area contributed by atoms with E-state index in [0.29, 0.717) is 22.0 Å². The quantitative estimate of drug-likeness (QED) is 0.170. The van der Waals surface area contributed by atoms with Crippen LogP contribution < -0.4 is 4.57 Å². The van der Waals surface area contributed by atoms with Gasteiger partial charge in [0.2, 0.25) is 11.7 Å². The first-order valence-corrected chi connectivity index (χ1v) is 10.8. The average molecular weight is 468 g/mol. The van der Waals surface area contributed by atoms with Crippen LogP contribution in [-0.2, 0) is 13.5 Å². The normalized spacial score (nSPS) is 12.8. The van der Waals surface area contributed by atoms with Crippen molar-refractivity contribution in [2.24, 2.45) is 12.5 Å². The summed E-state index contributed by atoms with van der Waals surface area (Å²) >= 11 is 0. The third-order valence-electron chi connectivity index (χ3n) is 6.37. The second-order valence-electron chi connectivity index (χ2n) is 9.34. The Morgan fingerprint density at radius 1 is 0.971 bits per heavy atom. The summed E-state index contributed by atoms with van der Waals surface area (Å²) in [5.41, 5.74) is 2.58. The molecule has 0 saturated heterocycles. The summed E-state index contributed by atoms with van der Waals surface area (Å²) < 4.78 is 61.8. The molecule has 2 aromatic carbocycles. The van der Waals surface area contributed by atoms with E-state index in [1.54, 1.807) is 30.6 Å². The van der Waals surface area contributed by atoms with E-state index in [-0.39, 0.29) is 12.1 Å². The molecule has 0 aliphatic heterocycles. The van der Waals surface area contributed by atoms with Crippen molar-refractivity contribution in [2.45, 2.75) is 33.4 Å². The van der Waals surface area contributed by atoms with Gasteiger partial charge >= 0.3 is 6.18 Å². The number of hydrogen-bond donors (Lipinski definition) is 0. The molecule has 0 spiro atoms. The molecule has 174 valence electrons. The van der Waals surface area contributed by atoms with E-state index in [1.807, 2.05) is 30.7 Å². The maximum absolute atomic E-state index is 13.7. The molecule has 0 fully saturated rings. The van der Waals surface area contributed by atoms with E-state index in [1.165, 1.54) is 19.9 Å². The molecule has 0 saturated carbocycles.